The number of aryl methyl sites for hydroxylation is 2. The number of carbonyl (C=O) groups excluding carboxylic acids is 1. The number of hydrogen-bond donors (Lipinski definition) is 1. The van der Waals surface area contributed by atoms with Crippen molar-refractivity contribution >= 4 is 31.8 Å². The van der Waals surface area contributed by atoms with Crippen LogP contribution in [0.15, 0.2) is 64.4 Å². The highest BCUT2D eigenvalue weighted by atomic mass is 32.2. The molecule has 216 valence electrons. The lowest BCUT2D eigenvalue weighted by atomic mass is 10.2. The molecule has 0 spiro atoms. The molecule has 0 saturated carbocycles. The van der Waals surface area contributed by atoms with Crippen LogP contribution in [0.25, 0.3) is 0 Å². The summed E-state index contributed by atoms with van der Waals surface area (Å²) in [6.45, 7) is -0.00565. The molecular formula is C23H22F4N4O7S2. The summed E-state index contributed by atoms with van der Waals surface area (Å²) in [5.74, 6) is -3.61. The van der Waals surface area contributed by atoms with Gasteiger partial charge in [0.2, 0.25) is 11.8 Å². The lowest BCUT2D eigenvalue weighted by Gasteiger charge is -2.22. The summed E-state index contributed by atoms with van der Waals surface area (Å²) in [6, 6.07) is 8.86. The van der Waals surface area contributed by atoms with Crippen molar-refractivity contribution in [3.63, 3.8) is 0 Å². The highest BCUT2D eigenvalue weighted by Crippen LogP contribution is 2.27. The number of hydrogen-bond acceptors (Lipinski definition) is 9. The molecule has 2 aromatic carbocycles. The van der Waals surface area contributed by atoms with Crippen LogP contribution in [0.4, 0.5) is 28.3 Å². The van der Waals surface area contributed by atoms with Crippen LogP contribution in [0.5, 0.6) is 11.6 Å². The Morgan fingerprint density at radius 3 is 2.25 bits per heavy atom. The second kappa shape index (κ2) is 11.6. The molecule has 3 rings (SSSR count). The molecule has 3 aromatic rings. The first-order valence-electron chi connectivity index (χ1n) is 11.1. The molecule has 0 aliphatic carbocycles. The number of para-hydroxylation sites is 1. The van der Waals surface area contributed by atoms with E-state index in [0.717, 1.165) is 24.3 Å². The third-order valence-electron chi connectivity index (χ3n) is 4.84. The van der Waals surface area contributed by atoms with Crippen LogP contribution in [0, 0.1) is 13.8 Å². The van der Waals surface area contributed by atoms with E-state index in [4.69, 9.17) is 0 Å². The predicted octanol–water partition coefficient (Wildman–Crippen LogP) is 4.02. The standard InChI is InChI=1S/C23H22F4N4O7S2/c1-14-8-10-16(11-9-14)39(33,34)13-31(21-28-15(2)12-19(29-21)38-23(3,26)27)22(32)30-40(35,36)18-7-5-4-6-17(18)37-20(24)25/h4-12,20H,13H2,1-3H3,(H,30,32). The minimum atomic E-state index is -4.96. The monoisotopic (exact) mass is 606 g/mol. The van der Waals surface area contributed by atoms with Gasteiger partial charge in [0.15, 0.2) is 9.84 Å². The van der Waals surface area contributed by atoms with Gasteiger partial charge in [-0.2, -0.15) is 22.5 Å². The third-order valence-corrected chi connectivity index (χ3v) is 7.79. The molecule has 0 aliphatic rings. The number of sulfonamides is 1. The van der Waals surface area contributed by atoms with Crippen molar-refractivity contribution < 1.29 is 48.7 Å². The number of anilines is 1. The van der Waals surface area contributed by atoms with Crippen molar-refractivity contribution in [1.82, 2.24) is 14.7 Å². The van der Waals surface area contributed by atoms with Gasteiger partial charge in [0.05, 0.1) is 4.90 Å². The van der Waals surface area contributed by atoms with Gasteiger partial charge in [-0.15, -0.1) is 0 Å². The SMILES string of the molecule is Cc1ccc(S(=O)(=O)CN(C(=O)NS(=O)(=O)c2ccccc2OC(F)F)c2nc(C)cc(OC(C)(F)F)n2)cc1. The molecule has 0 aliphatic heterocycles. The molecule has 1 N–H and O–H groups in total. The Hall–Kier alpha value is -3.99. The van der Waals surface area contributed by atoms with Gasteiger partial charge in [-0.05, 0) is 38.1 Å². The van der Waals surface area contributed by atoms with Crippen molar-refractivity contribution in [3.05, 3.63) is 65.9 Å². The van der Waals surface area contributed by atoms with E-state index in [9.17, 15) is 39.2 Å². The topological polar surface area (TPSA) is 145 Å². The van der Waals surface area contributed by atoms with E-state index in [1.54, 1.807) is 11.6 Å². The number of rotatable bonds is 10. The number of amides is 2. The predicted molar refractivity (Wildman–Crippen MR) is 133 cm³/mol. The Morgan fingerprint density at radius 2 is 1.65 bits per heavy atom. The van der Waals surface area contributed by atoms with E-state index in [-0.39, 0.29) is 15.5 Å². The van der Waals surface area contributed by atoms with Gasteiger partial charge >= 0.3 is 18.8 Å². The second-order valence-corrected chi connectivity index (χ2v) is 11.9. The van der Waals surface area contributed by atoms with Gasteiger partial charge in [-0.1, -0.05) is 29.8 Å². The first kappa shape index (κ1) is 30.6. The largest absolute Gasteiger partial charge is 0.433 e. The van der Waals surface area contributed by atoms with Crippen LogP contribution < -0.4 is 19.1 Å². The van der Waals surface area contributed by atoms with E-state index in [2.05, 4.69) is 19.4 Å². The lowest BCUT2D eigenvalue weighted by Crippen LogP contribution is -2.46. The smallest absolute Gasteiger partial charge is 0.396 e. The fourth-order valence-electron chi connectivity index (χ4n) is 3.17. The Bertz CT molecular complexity index is 1600. The minimum Gasteiger partial charge on any atom is -0.433 e. The molecule has 17 heteroatoms. The van der Waals surface area contributed by atoms with Gasteiger partial charge < -0.3 is 9.47 Å². The van der Waals surface area contributed by atoms with Crippen LogP contribution in [-0.2, 0) is 19.9 Å². The van der Waals surface area contributed by atoms with Crippen LogP contribution in [-0.4, -0.2) is 51.4 Å². The maximum absolute atomic E-state index is 13.5. The number of halogens is 4. The third kappa shape index (κ3) is 8.01. The molecular weight excluding hydrogens is 584 g/mol. The van der Waals surface area contributed by atoms with E-state index in [1.165, 1.54) is 37.3 Å². The zero-order valence-electron chi connectivity index (χ0n) is 21.0. The summed E-state index contributed by atoms with van der Waals surface area (Å²) in [5.41, 5.74) is 0.668. The summed E-state index contributed by atoms with van der Waals surface area (Å²) in [7, 11) is -9.36. The van der Waals surface area contributed by atoms with Gasteiger partial charge in [-0.25, -0.2) is 36.2 Å². The molecule has 40 heavy (non-hydrogen) atoms. The number of carbonyl (C=O) groups is 1. The average Bonchev–Trinajstić information content (AvgIpc) is 2.81. The fourth-order valence-corrected chi connectivity index (χ4v) is 5.53. The summed E-state index contributed by atoms with van der Waals surface area (Å²) >= 11 is 0. The van der Waals surface area contributed by atoms with E-state index < -0.39 is 67.0 Å². The summed E-state index contributed by atoms with van der Waals surface area (Å²) < 4.78 is 115. The molecule has 0 atom stereocenters. The van der Waals surface area contributed by atoms with Crippen molar-refractivity contribution in [3.8, 4) is 11.6 Å². The number of alkyl halides is 4. The van der Waals surface area contributed by atoms with Crippen LogP contribution in [0.2, 0.25) is 0 Å². The Labute approximate surface area is 226 Å². The zero-order valence-corrected chi connectivity index (χ0v) is 22.6. The first-order valence-corrected chi connectivity index (χ1v) is 14.2. The summed E-state index contributed by atoms with van der Waals surface area (Å²) in [4.78, 5) is 19.9. The Morgan fingerprint density at radius 1 is 1.02 bits per heavy atom. The van der Waals surface area contributed by atoms with Crippen molar-refractivity contribution in [2.75, 3.05) is 10.8 Å². The minimum absolute atomic E-state index is 0.0479. The number of nitrogens with zero attached hydrogens (tertiary/aromatic N) is 3. The number of nitrogens with one attached hydrogen (secondary N) is 1. The molecule has 1 heterocycles. The van der Waals surface area contributed by atoms with Gasteiger partial charge in [0.1, 0.15) is 16.5 Å². The molecule has 11 nitrogen and oxygen atoms in total. The first-order chi connectivity index (χ1) is 18.5. The Kier molecular flexibility index (Phi) is 8.88. The maximum atomic E-state index is 13.5. The van der Waals surface area contributed by atoms with Crippen molar-refractivity contribution in [2.45, 2.75) is 43.3 Å². The van der Waals surface area contributed by atoms with Crippen LogP contribution >= 0.6 is 0 Å². The molecule has 0 fully saturated rings. The number of urea groups is 1. The normalized spacial score (nSPS) is 12.2. The van der Waals surface area contributed by atoms with E-state index >= 15 is 0 Å². The average molecular weight is 607 g/mol. The van der Waals surface area contributed by atoms with Crippen molar-refractivity contribution in [2.24, 2.45) is 0 Å². The molecule has 0 radical (unpaired) electrons. The molecule has 0 bridgehead atoms. The lowest BCUT2D eigenvalue weighted by molar-refractivity contribution is -0.161. The maximum Gasteiger partial charge on any atom is 0.396 e. The second-order valence-electron chi connectivity index (χ2n) is 8.28. The number of benzene rings is 2. The molecule has 0 unspecified atom stereocenters. The van der Waals surface area contributed by atoms with Gasteiger partial charge in [-0.3, -0.25) is 0 Å². The summed E-state index contributed by atoms with van der Waals surface area (Å²) in [5, 5.41) is 0. The van der Waals surface area contributed by atoms with Crippen molar-refractivity contribution in [1.29, 1.82) is 0 Å². The molecule has 1 aromatic heterocycles. The van der Waals surface area contributed by atoms with Gasteiger partial charge in [0, 0.05) is 18.7 Å². The van der Waals surface area contributed by atoms with Crippen LogP contribution in [0.1, 0.15) is 18.2 Å². The summed E-state index contributed by atoms with van der Waals surface area (Å²) in [6.07, 6.45) is -3.73. The number of sulfone groups is 1. The highest BCUT2D eigenvalue weighted by Gasteiger charge is 2.33. The number of aromatic nitrogens is 2. The molecule has 2 amide bonds. The van der Waals surface area contributed by atoms with Gasteiger partial charge in [0.25, 0.3) is 10.0 Å². The fraction of sp³-hybridized carbons (Fsp3) is 0.261. The number of ether oxygens (including phenoxy) is 2. The zero-order chi connectivity index (χ0) is 29.9. The van der Waals surface area contributed by atoms with Crippen LogP contribution in [0.3, 0.4) is 0 Å². The molecule has 0 saturated heterocycles. The Balaban J connectivity index is 2.08. The van der Waals surface area contributed by atoms with E-state index in [1.807, 2.05) is 0 Å². The highest BCUT2D eigenvalue weighted by molar-refractivity contribution is 7.91. The van der Waals surface area contributed by atoms with E-state index in [0.29, 0.717) is 12.5 Å². The quantitative estimate of drug-likeness (QED) is 0.338.